The molecule has 1 aliphatic heterocycles. The molecule has 2 N–H and O–H groups in total. The molecule has 0 aromatic heterocycles. The second kappa shape index (κ2) is 6.48. The number of esters is 1. The van der Waals surface area contributed by atoms with Gasteiger partial charge in [-0.1, -0.05) is 0 Å². The zero-order chi connectivity index (χ0) is 12.0. The molecule has 1 saturated heterocycles. The lowest BCUT2D eigenvalue weighted by molar-refractivity contribution is -0.140. The van der Waals surface area contributed by atoms with Crippen molar-refractivity contribution in [2.75, 3.05) is 20.2 Å². The van der Waals surface area contributed by atoms with Crippen LogP contribution in [0.1, 0.15) is 26.2 Å². The molecular weight excluding hydrogens is 208 g/mol. The minimum absolute atomic E-state index is 0.0530. The SMILES string of the molecule is COC(=O)CCNC(=O)C1CCNC(C)C1. The lowest BCUT2D eigenvalue weighted by atomic mass is 9.92. The van der Waals surface area contributed by atoms with E-state index >= 15 is 0 Å². The van der Waals surface area contributed by atoms with Crippen molar-refractivity contribution >= 4 is 11.9 Å². The number of methoxy groups -OCH3 is 1. The molecule has 1 heterocycles. The zero-order valence-corrected chi connectivity index (χ0v) is 9.91. The van der Waals surface area contributed by atoms with Crippen molar-refractivity contribution in [3.63, 3.8) is 0 Å². The summed E-state index contributed by atoms with van der Waals surface area (Å²) in [4.78, 5) is 22.6. The van der Waals surface area contributed by atoms with Crippen molar-refractivity contribution in [2.45, 2.75) is 32.2 Å². The Hall–Kier alpha value is -1.10. The molecule has 0 saturated carbocycles. The molecule has 0 aliphatic carbocycles. The van der Waals surface area contributed by atoms with Crippen LogP contribution in [0, 0.1) is 5.92 Å². The van der Waals surface area contributed by atoms with Crippen molar-refractivity contribution in [1.82, 2.24) is 10.6 Å². The minimum atomic E-state index is -0.293. The number of hydrogen-bond acceptors (Lipinski definition) is 4. The van der Waals surface area contributed by atoms with Crippen LogP contribution in [0.2, 0.25) is 0 Å². The average Bonchev–Trinajstić information content (AvgIpc) is 2.28. The summed E-state index contributed by atoms with van der Waals surface area (Å²) >= 11 is 0. The fourth-order valence-corrected chi connectivity index (χ4v) is 1.90. The van der Waals surface area contributed by atoms with Crippen LogP contribution in [0.25, 0.3) is 0 Å². The molecule has 16 heavy (non-hydrogen) atoms. The molecule has 0 aromatic rings. The van der Waals surface area contributed by atoms with E-state index in [0.29, 0.717) is 12.6 Å². The maximum absolute atomic E-state index is 11.7. The van der Waals surface area contributed by atoms with E-state index in [4.69, 9.17) is 0 Å². The molecule has 1 aliphatic rings. The fourth-order valence-electron chi connectivity index (χ4n) is 1.90. The number of carbonyl (C=O) groups excluding carboxylic acids is 2. The Balaban J connectivity index is 2.21. The van der Waals surface area contributed by atoms with Crippen molar-refractivity contribution < 1.29 is 14.3 Å². The maximum atomic E-state index is 11.7. The van der Waals surface area contributed by atoms with Gasteiger partial charge < -0.3 is 15.4 Å². The zero-order valence-electron chi connectivity index (χ0n) is 9.91. The molecular formula is C11H20N2O3. The summed E-state index contributed by atoms with van der Waals surface area (Å²) < 4.78 is 4.49. The first-order chi connectivity index (χ1) is 7.63. The predicted octanol–water partition coefficient (Wildman–Crippen LogP) is 0.0538. The molecule has 0 aromatic carbocycles. The Kier molecular flexibility index (Phi) is 5.25. The quantitative estimate of drug-likeness (QED) is 0.667. The third kappa shape index (κ3) is 4.18. The summed E-state index contributed by atoms with van der Waals surface area (Å²) in [5, 5.41) is 6.07. The number of rotatable bonds is 4. The summed E-state index contributed by atoms with van der Waals surface area (Å²) in [6.07, 6.45) is 1.97. The van der Waals surface area contributed by atoms with E-state index in [-0.39, 0.29) is 24.2 Å². The van der Waals surface area contributed by atoms with Crippen molar-refractivity contribution in [1.29, 1.82) is 0 Å². The summed E-state index contributed by atoms with van der Waals surface area (Å²) in [7, 11) is 1.35. The monoisotopic (exact) mass is 228 g/mol. The molecule has 5 heteroatoms. The molecule has 0 radical (unpaired) electrons. The van der Waals surface area contributed by atoms with E-state index in [2.05, 4.69) is 22.3 Å². The first-order valence-electron chi connectivity index (χ1n) is 5.71. The van der Waals surface area contributed by atoms with Crippen LogP contribution in [0.3, 0.4) is 0 Å². The van der Waals surface area contributed by atoms with Gasteiger partial charge in [-0.2, -0.15) is 0 Å². The van der Waals surface area contributed by atoms with Crippen LogP contribution < -0.4 is 10.6 Å². The number of carbonyl (C=O) groups is 2. The first-order valence-corrected chi connectivity index (χ1v) is 5.71. The number of piperidine rings is 1. The van der Waals surface area contributed by atoms with Gasteiger partial charge in [0.25, 0.3) is 0 Å². The van der Waals surface area contributed by atoms with Gasteiger partial charge >= 0.3 is 5.97 Å². The maximum Gasteiger partial charge on any atom is 0.307 e. The highest BCUT2D eigenvalue weighted by atomic mass is 16.5. The van der Waals surface area contributed by atoms with E-state index in [0.717, 1.165) is 19.4 Å². The summed E-state index contributed by atoms with van der Waals surface area (Å²) in [5.41, 5.74) is 0. The summed E-state index contributed by atoms with van der Waals surface area (Å²) in [5.74, 6) is -0.162. The van der Waals surface area contributed by atoms with Crippen LogP contribution in [-0.4, -0.2) is 38.1 Å². The largest absolute Gasteiger partial charge is 0.469 e. The van der Waals surface area contributed by atoms with E-state index in [1.807, 2.05) is 0 Å². The molecule has 1 amide bonds. The molecule has 0 bridgehead atoms. The number of ether oxygens (including phenoxy) is 1. The molecule has 5 nitrogen and oxygen atoms in total. The Morgan fingerprint density at radius 2 is 2.25 bits per heavy atom. The Labute approximate surface area is 95.9 Å². The standard InChI is InChI=1S/C11H20N2O3/c1-8-7-9(3-5-12-8)11(15)13-6-4-10(14)16-2/h8-9,12H,3-7H2,1-2H3,(H,13,15). The Morgan fingerprint density at radius 3 is 2.88 bits per heavy atom. The van der Waals surface area contributed by atoms with E-state index in [1.54, 1.807) is 0 Å². The normalized spacial score (nSPS) is 24.9. The average molecular weight is 228 g/mol. The highest BCUT2D eigenvalue weighted by molar-refractivity contribution is 5.79. The highest BCUT2D eigenvalue weighted by Gasteiger charge is 2.24. The van der Waals surface area contributed by atoms with Crippen LogP contribution >= 0.6 is 0 Å². The van der Waals surface area contributed by atoms with Crippen LogP contribution in [0.15, 0.2) is 0 Å². The number of hydrogen-bond donors (Lipinski definition) is 2. The van der Waals surface area contributed by atoms with Gasteiger partial charge in [-0.3, -0.25) is 9.59 Å². The molecule has 1 fully saturated rings. The van der Waals surface area contributed by atoms with E-state index in [1.165, 1.54) is 7.11 Å². The van der Waals surface area contributed by atoms with Crippen molar-refractivity contribution in [3.8, 4) is 0 Å². The van der Waals surface area contributed by atoms with Gasteiger partial charge in [0.1, 0.15) is 0 Å². The third-order valence-electron chi connectivity index (χ3n) is 2.85. The Morgan fingerprint density at radius 1 is 1.50 bits per heavy atom. The van der Waals surface area contributed by atoms with Gasteiger partial charge in [0.15, 0.2) is 0 Å². The number of amides is 1. The fraction of sp³-hybridized carbons (Fsp3) is 0.818. The first kappa shape index (κ1) is 13.0. The highest BCUT2D eigenvalue weighted by Crippen LogP contribution is 2.15. The molecule has 0 spiro atoms. The minimum Gasteiger partial charge on any atom is -0.469 e. The van der Waals surface area contributed by atoms with Crippen LogP contribution in [0.5, 0.6) is 0 Å². The van der Waals surface area contributed by atoms with Gasteiger partial charge in [-0.05, 0) is 26.3 Å². The van der Waals surface area contributed by atoms with E-state index in [9.17, 15) is 9.59 Å². The topological polar surface area (TPSA) is 67.4 Å². The molecule has 1 rings (SSSR count). The Bertz CT molecular complexity index is 256. The lowest BCUT2D eigenvalue weighted by Gasteiger charge is -2.27. The molecule has 2 unspecified atom stereocenters. The van der Waals surface area contributed by atoms with Gasteiger partial charge in [-0.25, -0.2) is 0 Å². The number of nitrogens with one attached hydrogen (secondary N) is 2. The van der Waals surface area contributed by atoms with E-state index < -0.39 is 0 Å². The van der Waals surface area contributed by atoms with Gasteiger partial charge in [0.05, 0.1) is 13.5 Å². The van der Waals surface area contributed by atoms with Crippen molar-refractivity contribution in [3.05, 3.63) is 0 Å². The summed E-state index contributed by atoms with van der Waals surface area (Å²) in [6.45, 7) is 3.33. The second-order valence-corrected chi connectivity index (χ2v) is 4.19. The summed E-state index contributed by atoms with van der Waals surface area (Å²) in [6, 6.07) is 0.394. The predicted molar refractivity (Wildman–Crippen MR) is 59.8 cm³/mol. The van der Waals surface area contributed by atoms with Crippen molar-refractivity contribution in [2.24, 2.45) is 5.92 Å². The van der Waals surface area contributed by atoms with Crippen LogP contribution in [0.4, 0.5) is 0 Å². The second-order valence-electron chi connectivity index (χ2n) is 4.19. The van der Waals surface area contributed by atoms with Gasteiger partial charge in [-0.15, -0.1) is 0 Å². The lowest BCUT2D eigenvalue weighted by Crippen LogP contribution is -2.42. The van der Waals surface area contributed by atoms with Crippen LogP contribution in [-0.2, 0) is 14.3 Å². The molecule has 92 valence electrons. The molecule has 2 atom stereocenters. The van der Waals surface area contributed by atoms with Gasteiger partial charge in [0, 0.05) is 18.5 Å². The van der Waals surface area contributed by atoms with Gasteiger partial charge in [0.2, 0.25) is 5.91 Å². The third-order valence-corrected chi connectivity index (χ3v) is 2.85. The smallest absolute Gasteiger partial charge is 0.307 e.